The topological polar surface area (TPSA) is 67.4 Å². The van der Waals surface area contributed by atoms with Gasteiger partial charge in [-0.05, 0) is 42.3 Å². The summed E-state index contributed by atoms with van der Waals surface area (Å²) >= 11 is 0. The highest BCUT2D eigenvalue weighted by Gasteiger charge is 2.25. The molecule has 0 saturated heterocycles. The van der Waals surface area contributed by atoms with Crippen molar-refractivity contribution < 1.29 is 14.3 Å². The average Bonchev–Trinajstić information content (AvgIpc) is 2.55. The predicted octanol–water partition coefficient (Wildman–Crippen LogP) is 2.83. The largest absolute Gasteiger partial charge is 0.492 e. The van der Waals surface area contributed by atoms with E-state index < -0.39 is 0 Å². The minimum Gasteiger partial charge on any atom is -0.492 e. The lowest BCUT2D eigenvalue weighted by molar-refractivity contribution is -0.121. The fourth-order valence-electron chi connectivity index (χ4n) is 2.58. The summed E-state index contributed by atoms with van der Waals surface area (Å²) in [5, 5.41) is 5.58. The Balaban J connectivity index is 1.62. The zero-order valence-electron chi connectivity index (χ0n) is 12.8. The molecule has 0 radical (unpaired) electrons. The minimum atomic E-state index is -0.208. The Labute approximate surface area is 134 Å². The van der Waals surface area contributed by atoms with Crippen LogP contribution in [0.3, 0.4) is 0 Å². The van der Waals surface area contributed by atoms with Crippen LogP contribution in [0.5, 0.6) is 5.75 Å². The van der Waals surface area contributed by atoms with Crippen LogP contribution in [-0.2, 0) is 16.0 Å². The average molecular weight is 310 g/mol. The van der Waals surface area contributed by atoms with Gasteiger partial charge in [0.05, 0.1) is 5.92 Å². The maximum absolute atomic E-state index is 12.4. The summed E-state index contributed by atoms with van der Waals surface area (Å²) in [5.74, 6) is 0.461. The molecular weight excluding hydrogens is 292 g/mol. The molecule has 5 heteroatoms. The van der Waals surface area contributed by atoms with E-state index in [0.717, 1.165) is 11.3 Å². The third-order valence-corrected chi connectivity index (χ3v) is 3.72. The van der Waals surface area contributed by atoms with E-state index in [1.54, 1.807) is 24.3 Å². The van der Waals surface area contributed by atoms with Crippen LogP contribution in [-0.4, -0.2) is 18.4 Å². The van der Waals surface area contributed by atoms with Gasteiger partial charge in [0.1, 0.15) is 12.4 Å². The van der Waals surface area contributed by atoms with Gasteiger partial charge in [0.15, 0.2) is 0 Å². The normalized spacial score (nSPS) is 16.0. The summed E-state index contributed by atoms with van der Waals surface area (Å²) in [4.78, 5) is 23.4. The number of amides is 2. The highest BCUT2D eigenvalue weighted by molar-refractivity contribution is 5.94. The molecule has 0 spiro atoms. The molecular formula is C18H18N2O3. The summed E-state index contributed by atoms with van der Waals surface area (Å²) in [6.45, 7) is 1.84. The smallest absolute Gasteiger partial charge is 0.231 e. The fourth-order valence-corrected chi connectivity index (χ4v) is 2.58. The van der Waals surface area contributed by atoms with Crippen molar-refractivity contribution in [1.82, 2.24) is 0 Å². The second-order valence-electron chi connectivity index (χ2n) is 5.57. The summed E-state index contributed by atoms with van der Waals surface area (Å²) < 4.78 is 5.65. The van der Waals surface area contributed by atoms with Crippen LogP contribution < -0.4 is 15.4 Å². The quantitative estimate of drug-likeness (QED) is 0.916. The molecule has 23 heavy (non-hydrogen) atoms. The molecule has 0 aromatic heterocycles. The molecule has 3 rings (SSSR count). The summed E-state index contributed by atoms with van der Waals surface area (Å²) in [5.41, 5.74) is 2.45. The maximum atomic E-state index is 12.4. The van der Waals surface area contributed by atoms with Crippen LogP contribution in [0.1, 0.15) is 12.5 Å². The van der Waals surface area contributed by atoms with E-state index in [2.05, 4.69) is 10.6 Å². The summed E-state index contributed by atoms with van der Waals surface area (Å²) in [6, 6.07) is 14.8. The number of anilines is 2. The van der Waals surface area contributed by atoms with E-state index in [4.69, 9.17) is 4.74 Å². The van der Waals surface area contributed by atoms with Crippen LogP contribution >= 0.6 is 0 Å². The highest BCUT2D eigenvalue weighted by Crippen LogP contribution is 2.27. The van der Waals surface area contributed by atoms with Gasteiger partial charge in [0, 0.05) is 18.3 Å². The maximum Gasteiger partial charge on any atom is 0.231 e. The van der Waals surface area contributed by atoms with E-state index in [-0.39, 0.29) is 17.7 Å². The van der Waals surface area contributed by atoms with Gasteiger partial charge < -0.3 is 15.4 Å². The Hall–Kier alpha value is -2.82. The molecule has 2 amide bonds. The second-order valence-corrected chi connectivity index (χ2v) is 5.57. The van der Waals surface area contributed by atoms with E-state index in [1.165, 1.54) is 6.92 Å². The van der Waals surface area contributed by atoms with Crippen LogP contribution in [0.15, 0.2) is 48.5 Å². The first-order chi connectivity index (χ1) is 11.1. The number of carbonyl (C=O) groups is 2. The Kier molecular flexibility index (Phi) is 4.28. The van der Waals surface area contributed by atoms with E-state index >= 15 is 0 Å². The van der Waals surface area contributed by atoms with Crippen molar-refractivity contribution >= 4 is 23.2 Å². The summed E-state index contributed by atoms with van der Waals surface area (Å²) in [7, 11) is 0. The number of rotatable bonds is 3. The number of ether oxygens (including phenoxy) is 1. The molecule has 0 bridgehead atoms. The van der Waals surface area contributed by atoms with E-state index in [1.807, 2.05) is 24.3 Å². The van der Waals surface area contributed by atoms with Gasteiger partial charge in [-0.15, -0.1) is 0 Å². The first-order valence-corrected chi connectivity index (χ1v) is 7.51. The fraction of sp³-hybridized carbons (Fsp3) is 0.222. The molecule has 5 nitrogen and oxygen atoms in total. The Morgan fingerprint density at radius 3 is 2.35 bits per heavy atom. The number of benzene rings is 2. The van der Waals surface area contributed by atoms with Gasteiger partial charge in [-0.1, -0.05) is 18.2 Å². The van der Waals surface area contributed by atoms with Gasteiger partial charge >= 0.3 is 0 Å². The number of fused-ring (bicyclic) bond motifs is 1. The zero-order chi connectivity index (χ0) is 16.2. The van der Waals surface area contributed by atoms with Gasteiger partial charge in [-0.2, -0.15) is 0 Å². The van der Waals surface area contributed by atoms with Crippen molar-refractivity contribution in [1.29, 1.82) is 0 Å². The first kappa shape index (κ1) is 15.1. The number of para-hydroxylation sites is 1. The molecule has 1 unspecified atom stereocenters. The van der Waals surface area contributed by atoms with Crippen molar-refractivity contribution in [2.24, 2.45) is 5.92 Å². The van der Waals surface area contributed by atoms with Crippen LogP contribution in [0.2, 0.25) is 0 Å². The SMILES string of the molecule is CC(=O)Nc1ccc(NC(=O)C2COc3ccccc3C2)cc1. The van der Waals surface area contributed by atoms with Gasteiger partial charge in [-0.3, -0.25) is 9.59 Å². The molecule has 1 heterocycles. The lowest BCUT2D eigenvalue weighted by Crippen LogP contribution is -2.32. The van der Waals surface area contributed by atoms with Gasteiger partial charge in [-0.25, -0.2) is 0 Å². The van der Waals surface area contributed by atoms with Crippen molar-refractivity contribution in [3.63, 3.8) is 0 Å². The molecule has 1 atom stereocenters. The molecule has 1 aliphatic heterocycles. The van der Waals surface area contributed by atoms with Crippen LogP contribution in [0, 0.1) is 5.92 Å². The standard InChI is InChI=1S/C18H18N2O3/c1-12(21)19-15-6-8-16(9-7-15)20-18(22)14-10-13-4-2-3-5-17(13)23-11-14/h2-9,14H,10-11H2,1H3,(H,19,21)(H,20,22). The van der Waals surface area contributed by atoms with Gasteiger partial charge in [0.2, 0.25) is 11.8 Å². The number of nitrogens with one attached hydrogen (secondary N) is 2. The second kappa shape index (κ2) is 6.52. The Morgan fingerprint density at radius 1 is 1.00 bits per heavy atom. The lowest BCUT2D eigenvalue weighted by atomic mass is 9.96. The number of hydrogen-bond donors (Lipinski definition) is 2. The summed E-state index contributed by atoms with van der Waals surface area (Å²) in [6.07, 6.45) is 0.673. The Morgan fingerprint density at radius 2 is 1.65 bits per heavy atom. The number of carbonyl (C=O) groups excluding carboxylic acids is 2. The van der Waals surface area contributed by atoms with Crippen LogP contribution in [0.4, 0.5) is 11.4 Å². The van der Waals surface area contributed by atoms with Crippen molar-refractivity contribution in [3.05, 3.63) is 54.1 Å². The van der Waals surface area contributed by atoms with Gasteiger partial charge in [0.25, 0.3) is 0 Å². The van der Waals surface area contributed by atoms with Crippen LogP contribution in [0.25, 0.3) is 0 Å². The molecule has 0 saturated carbocycles. The van der Waals surface area contributed by atoms with E-state index in [9.17, 15) is 9.59 Å². The third kappa shape index (κ3) is 3.69. The molecule has 1 aliphatic rings. The van der Waals surface area contributed by atoms with Crippen molar-refractivity contribution in [3.8, 4) is 5.75 Å². The molecule has 0 fully saturated rings. The molecule has 0 aliphatic carbocycles. The minimum absolute atomic E-state index is 0.0632. The molecule has 2 N–H and O–H groups in total. The van der Waals surface area contributed by atoms with Crippen molar-refractivity contribution in [2.45, 2.75) is 13.3 Å². The third-order valence-electron chi connectivity index (χ3n) is 3.72. The van der Waals surface area contributed by atoms with Crippen molar-refractivity contribution in [2.75, 3.05) is 17.2 Å². The van der Waals surface area contributed by atoms with E-state index in [0.29, 0.717) is 24.4 Å². The monoisotopic (exact) mass is 310 g/mol. The zero-order valence-corrected chi connectivity index (χ0v) is 12.8. The molecule has 118 valence electrons. The molecule has 2 aromatic rings. The first-order valence-electron chi connectivity index (χ1n) is 7.51. The lowest BCUT2D eigenvalue weighted by Gasteiger charge is -2.24. The molecule has 2 aromatic carbocycles. The number of hydrogen-bond acceptors (Lipinski definition) is 3. The highest BCUT2D eigenvalue weighted by atomic mass is 16.5. The predicted molar refractivity (Wildman–Crippen MR) is 88.5 cm³/mol. The Bertz CT molecular complexity index is 725.